The lowest BCUT2D eigenvalue weighted by Crippen LogP contribution is -2.44. The molecule has 10 heteroatoms. The average Bonchev–Trinajstić information content (AvgIpc) is 3.40. The molecule has 9 nitrogen and oxygen atoms in total. The Morgan fingerprint density at radius 2 is 1.88 bits per heavy atom. The summed E-state index contributed by atoms with van der Waals surface area (Å²) in [6.45, 7) is 7.37. The van der Waals surface area contributed by atoms with Crippen molar-refractivity contribution in [3.8, 4) is 11.8 Å². The van der Waals surface area contributed by atoms with Gasteiger partial charge in [0.05, 0.1) is 11.2 Å². The predicted octanol–water partition coefficient (Wildman–Crippen LogP) is 4.45. The molecule has 0 aliphatic carbocycles. The molecule has 0 spiro atoms. The molecule has 4 heterocycles. The number of nitrogens with one attached hydrogen (secondary N) is 3. The minimum atomic E-state index is -0.387. The highest BCUT2D eigenvalue weighted by Gasteiger charge is 2.19. The number of fused-ring (bicyclic) bond motifs is 1. The monoisotopic (exact) mass is 462 g/mol. The molecule has 1 aliphatic heterocycles. The second-order valence-electron chi connectivity index (χ2n) is 8.44. The first-order chi connectivity index (χ1) is 16.5. The third-order valence-corrected chi connectivity index (χ3v) is 5.72. The minimum Gasteiger partial charge on any atom is -0.424 e. The molecule has 1 aliphatic rings. The largest absolute Gasteiger partial charge is 0.424 e. The predicted molar refractivity (Wildman–Crippen MR) is 131 cm³/mol. The van der Waals surface area contributed by atoms with Gasteiger partial charge in [0.2, 0.25) is 0 Å². The summed E-state index contributed by atoms with van der Waals surface area (Å²) in [5.41, 5.74) is 2.21. The Morgan fingerprint density at radius 1 is 1.06 bits per heavy atom. The van der Waals surface area contributed by atoms with Gasteiger partial charge in [-0.2, -0.15) is 15.1 Å². The summed E-state index contributed by atoms with van der Waals surface area (Å²) >= 11 is 0. The van der Waals surface area contributed by atoms with Gasteiger partial charge in [-0.15, -0.1) is 0 Å². The lowest BCUT2D eigenvalue weighted by Gasteiger charge is -2.33. The summed E-state index contributed by atoms with van der Waals surface area (Å²) in [5, 5.41) is 11.2. The number of anilines is 3. The van der Waals surface area contributed by atoms with E-state index in [0.717, 1.165) is 48.8 Å². The number of halogens is 1. The van der Waals surface area contributed by atoms with Crippen LogP contribution >= 0.6 is 0 Å². The fourth-order valence-electron chi connectivity index (χ4n) is 4.00. The lowest BCUT2D eigenvalue weighted by atomic mass is 10.2. The molecule has 0 atom stereocenters. The molecule has 176 valence electrons. The van der Waals surface area contributed by atoms with E-state index < -0.39 is 0 Å². The molecular weight excluding hydrogens is 435 g/mol. The van der Waals surface area contributed by atoms with Crippen LogP contribution in [0.25, 0.3) is 17.0 Å². The SMILES string of the molecule is C/C=C/c1cc(Nc2cc(N3CCN(C)CC3)nc(Oc3cc(F)c4[nH]c(C)cc4c3)n2)n[nH]1. The maximum atomic E-state index is 14.6. The maximum absolute atomic E-state index is 14.6. The zero-order valence-corrected chi connectivity index (χ0v) is 19.4. The summed E-state index contributed by atoms with van der Waals surface area (Å²) in [6, 6.07) is 8.89. The topological polar surface area (TPSA) is 98.0 Å². The van der Waals surface area contributed by atoms with Gasteiger partial charge >= 0.3 is 6.01 Å². The number of rotatable bonds is 6. The Labute approximate surface area is 196 Å². The Bertz CT molecular complexity index is 1340. The van der Waals surface area contributed by atoms with E-state index in [1.54, 1.807) is 6.07 Å². The van der Waals surface area contributed by atoms with Gasteiger partial charge in [0.25, 0.3) is 0 Å². The number of hydrogen-bond acceptors (Lipinski definition) is 7. The zero-order chi connectivity index (χ0) is 23.7. The number of aromatic amines is 2. The molecule has 1 fully saturated rings. The van der Waals surface area contributed by atoms with Gasteiger partial charge in [0.15, 0.2) is 11.6 Å². The van der Waals surface area contributed by atoms with Crippen molar-refractivity contribution in [2.24, 2.45) is 0 Å². The van der Waals surface area contributed by atoms with Gasteiger partial charge in [0, 0.05) is 55.5 Å². The van der Waals surface area contributed by atoms with Gasteiger partial charge in [-0.1, -0.05) is 6.08 Å². The fourth-order valence-corrected chi connectivity index (χ4v) is 4.00. The molecule has 1 saturated heterocycles. The minimum absolute atomic E-state index is 0.133. The normalized spacial score (nSPS) is 14.9. The van der Waals surface area contributed by atoms with E-state index in [-0.39, 0.29) is 11.8 Å². The van der Waals surface area contributed by atoms with Gasteiger partial charge in [-0.3, -0.25) is 5.10 Å². The summed E-state index contributed by atoms with van der Waals surface area (Å²) in [6.07, 6.45) is 3.86. The Balaban J connectivity index is 1.47. The van der Waals surface area contributed by atoms with Crippen LogP contribution in [0.5, 0.6) is 11.8 Å². The molecule has 3 N–H and O–H groups in total. The van der Waals surface area contributed by atoms with Crippen molar-refractivity contribution < 1.29 is 9.13 Å². The summed E-state index contributed by atoms with van der Waals surface area (Å²) in [7, 11) is 2.10. The van der Waals surface area contributed by atoms with E-state index in [1.165, 1.54) is 6.07 Å². The number of aromatic nitrogens is 5. The number of ether oxygens (including phenoxy) is 1. The van der Waals surface area contributed by atoms with E-state index in [4.69, 9.17) is 4.74 Å². The third kappa shape index (κ3) is 4.72. The van der Waals surface area contributed by atoms with Crippen LogP contribution in [0.1, 0.15) is 18.3 Å². The molecule has 0 bridgehead atoms. The zero-order valence-electron chi connectivity index (χ0n) is 19.4. The standard InChI is InChI=1S/C24H27FN8O/c1-4-5-17-12-21(31-30-17)27-20-14-22(33-8-6-32(3)7-9-33)29-24(28-20)34-18-11-16-10-15(2)26-23(16)19(25)13-18/h4-5,10-14,26H,6-9H2,1-3H3,(H2,27,28,29,30,31)/b5-4+. The number of aryl methyl sites for hydroxylation is 1. The molecule has 3 aromatic heterocycles. The molecule has 0 saturated carbocycles. The second kappa shape index (κ2) is 9.14. The van der Waals surface area contributed by atoms with E-state index in [9.17, 15) is 4.39 Å². The van der Waals surface area contributed by atoms with Gasteiger partial charge < -0.3 is 24.8 Å². The average molecular weight is 463 g/mol. The first-order valence-electron chi connectivity index (χ1n) is 11.2. The molecule has 5 rings (SSSR count). The van der Waals surface area contributed by atoms with E-state index in [1.807, 2.05) is 44.2 Å². The molecule has 4 aromatic rings. The quantitative estimate of drug-likeness (QED) is 0.389. The molecule has 0 amide bonds. The number of hydrogen-bond donors (Lipinski definition) is 3. The Morgan fingerprint density at radius 3 is 2.68 bits per heavy atom. The van der Waals surface area contributed by atoms with Gasteiger partial charge in [0.1, 0.15) is 17.4 Å². The van der Waals surface area contributed by atoms with Crippen LogP contribution in [0, 0.1) is 12.7 Å². The van der Waals surface area contributed by atoms with Crippen LogP contribution in [-0.2, 0) is 0 Å². The van der Waals surface area contributed by atoms with Crippen LogP contribution in [0.3, 0.4) is 0 Å². The number of benzene rings is 1. The highest BCUT2D eigenvalue weighted by atomic mass is 19.1. The van der Waals surface area contributed by atoms with Crippen molar-refractivity contribution in [2.75, 3.05) is 43.4 Å². The van der Waals surface area contributed by atoms with E-state index >= 15 is 0 Å². The number of piperazine rings is 1. The molecular formula is C24H27FN8O. The van der Waals surface area contributed by atoms with Crippen molar-refractivity contribution in [1.82, 2.24) is 30.0 Å². The van der Waals surface area contributed by atoms with Crippen molar-refractivity contribution >= 4 is 34.4 Å². The van der Waals surface area contributed by atoms with Gasteiger partial charge in [-0.05, 0) is 39.1 Å². The van der Waals surface area contributed by atoms with Crippen LogP contribution in [0.15, 0.2) is 36.4 Å². The van der Waals surface area contributed by atoms with Crippen molar-refractivity contribution in [3.63, 3.8) is 0 Å². The highest BCUT2D eigenvalue weighted by Crippen LogP contribution is 2.30. The van der Waals surface area contributed by atoms with Crippen LogP contribution in [-0.4, -0.2) is 63.3 Å². The summed E-state index contributed by atoms with van der Waals surface area (Å²) in [5.74, 6) is 1.85. The maximum Gasteiger partial charge on any atom is 0.325 e. The van der Waals surface area contributed by atoms with Crippen LogP contribution < -0.4 is 15.0 Å². The fraction of sp³-hybridized carbons (Fsp3) is 0.292. The first-order valence-corrected chi connectivity index (χ1v) is 11.2. The summed E-state index contributed by atoms with van der Waals surface area (Å²) in [4.78, 5) is 16.6. The molecule has 1 aromatic carbocycles. The van der Waals surface area contributed by atoms with E-state index in [2.05, 4.69) is 47.3 Å². The van der Waals surface area contributed by atoms with Crippen LogP contribution in [0.2, 0.25) is 0 Å². The molecule has 0 unspecified atom stereocenters. The Kier molecular flexibility index (Phi) is 5.89. The van der Waals surface area contributed by atoms with Crippen LogP contribution in [0.4, 0.5) is 21.8 Å². The highest BCUT2D eigenvalue weighted by molar-refractivity contribution is 5.82. The van der Waals surface area contributed by atoms with Gasteiger partial charge in [-0.25, -0.2) is 4.39 Å². The third-order valence-electron chi connectivity index (χ3n) is 5.72. The number of nitrogens with zero attached hydrogens (tertiary/aromatic N) is 5. The van der Waals surface area contributed by atoms with Crippen molar-refractivity contribution in [3.05, 3.63) is 53.6 Å². The number of H-pyrrole nitrogens is 2. The smallest absolute Gasteiger partial charge is 0.325 e. The summed E-state index contributed by atoms with van der Waals surface area (Å²) < 4.78 is 20.6. The second-order valence-corrected chi connectivity index (χ2v) is 8.44. The first kappa shape index (κ1) is 21.9. The number of allylic oxidation sites excluding steroid dienone is 1. The lowest BCUT2D eigenvalue weighted by molar-refractivity contribution is 0.311. The number of likely N-dealkylation sites (N-methyl/N-ethyl adjacent to an activating group) is 1. The van der Waals surface area contributed by atoms with Crippen molar-refractivity contribution in [2.45, 2.75) is 13.8 Å². The van der Waals surface area contributed by atoms with Crippen molar-refractivity contribution in [1.29, 1.82) is 0 Å². The van der Waals surface area contributed by atoms with E-state index in [0.29, 0.717) is 22.9 Å². The molecule has 0 radical (unpaired) electrons. The Hall–Kier alpha value is -3.92. The molecule has 34 heavy (non-hydrogen) atoms.